The molecule has 0 unspecified atom stereocenters. The Kier molecular flexibility index (Phi) is 5.86. The Morgan fingerprint density at radius 3 is 1.00 bits per heavy atom. The van der Waals surface area contributed by atoms with Crippen LogP contribution in [0.2, 0.25) is 0 Å². The van der Waals surface area contributed by atoms with Crippen molar-refractivity contribution in [2.75, 3.05) is 0 Å². The summed E-state index contributed by atoms with van der Waals surface area (Å²) < 4.78 is 17.5. The quantitative estimate of drug-likeness (QED) is 0.562. The standard InChI is InChI=1S/C21H33BN6O3/c1-19(2,3)16-10-13-26(23-16)29-22(30-27-14-11-17(24-27)20(4,5)6)31-28-15-12-18(25-28)21(7,8)9/h10-15H,1-9H3. The molecule has 0 aliphatic carbocycles. The minimum Gasteiger partial charge on any atom is -0.380 e. The highest BCUT2D eigenvalue weighted by Crippen LogP contribution is 2.21. The van der Waals surface area contributed by atoms with Gasteiger partial charge in [-0.2, -0.15) is 0 Å². The number of hydrogen-bond acceptors (Lipinski definition) is 6. The maximum atomic E-state index is 5.83. The van der Waals surface area contributed by atoms with E-state index in [4.69, 9.17) is 14.3 Å². The Morgan fingerprint density at radius 2 is 0.806 bits per heavy atom. The molecule has 9 nitrogen and oxygen atoms in total. The van der Waals surface area contributed by atoms with Crippen molar-refractivity contribution in [2.24, 2.45) is 0 Å². The van der Waals surface area contributed by atoms with Gasteiger partial charge in [-0.1, -0.05) is 62.3 Å². The van der Waals surface area contributed by atoms with Crippen molar-refractivity contribution >= 4 is 7.32 Å². The van der Waals surface area contributed by atoms with Crippen molar-refractivity contribution in [2.45, 2.75) is 78.6 Å². The van der Waals surface area contributed by atoms with E-state index >= 15 is 0 Å². The molecule has 3 aromatic rings. The molecule has 0 N–H and O–H groups in total. The van der Waals surface area contributed by atoms with Gasteiger partial charge in [0.05, 0.1) is 35.7 Å². The highest BCUT2D eigenvalue weighted by Gasteiger charge is 2.36. The molecule has 3 aromatic heterocycles. The second kappa shape index (κ2) is 7.98. The lowest BCUT2D eigenvalue weighted by Crippen LogP contribution is -2.49. The average molecular weight is 428 g/mol. The molecule has 0 spiro atoms. The van der Waals surface area contributed by atoms with Crippen molar-refractivity contribution in [3.05, 3.63) is 53.9 Å². The van der Waals surface area contributed by atoms with E-state index in [0.29, 0.717) is 0 Å². The van der Waals surface area contributed by atoms with Gasteiger partial charge in [0.25, 0.3) is 0 Å². The third-order valence-electron chi connectivity index (χ3n) is 4.59. The molecule has 0 radical (unpaired) electrons. The van der Waals surface area contributed by atoms with Crippen LogP contribution >= 0.6 is 0 Å². The predicted octanol–water partition coefficient (Wildman–Crippen LogP) is 2.84. The molecule has 3 rings (SSSR count). The first kappa shape index (κ1) is 22.8. The predicted molar refractivity (Wildman–Crippen MR) is 118 cm³/mol. The maximum Gasteiger partial charge on any atom is 0.929 e. The first-order valence-corrected chi connectivity index (χ1v) is 10.4. The van der Waals surface area contributed by atoms with Crippen LogP contribution in [0, 0.1) is 0 Å². The van der Waals surface area contributed by atoms with Gasteiger partial charge < -0.3 is 14.3 Å². The van der Waals surface area contributed by atoms with E-state index < -0.39 is 7.32 Å². The van der Waals surface area contributed by atoms with Crippen molar-refractivity contribution in [1.29, 1.82) is 0 Å². The van der Waals surface area contributed by atoms with Crippen LogP contribution in [0.1, 0.15) is 79.4 Å². The Hall–Kier alpha value is -2.91. The molecule has 0 fully saturated rings. The molecule has 0 aliphatic heterocycles. The summed E-state index contributed by atoms with van der Waals surface area (Å²) in [6.07, 6.45) is 5.15. The SMILES string of the molecule is CC(C)(C)c1ccn(OB(On2ccc(C(C)(C)C)n2)On2ccc(C(C)(C)C)n2)n1. The third-order valence-corrected chi connectivity index (χ3v) is 4.59. The van der Waals surface area contributed by atoms with E-state index in [1.807, 2.05) is 18.2 Å². The van der Waals surface area contributed by atoms with E-state index in [0.717, 1.165) is 17.1 Å². The van der Waals surface area contributed by atoms with E-state index in [1.54, 1.807) is 18.6 Å². The molecule has 0 amide bonds. The normalized spacial score (nSPS) is 12.7. The van der Waals surface area contributed by atoms with Gasteiger partial charge >= 0.3 is 7.32 Å². The monoisotopic (exact) mass is 428 g/mol. The molecule has 3 heterocycles. The average Bonchev–Trinajstić information content (AvgIpc) is 3.32. The molecule has 168 valence electrons. The highest BCUT2D eigenvalue weighted by atomic mass is 16.9. The number of rotatable bonds is 6. The summed E-state index contributed by atoms with van der Waals surface area (Å²) in [5.41, 5.74) is 2.32. The van der Waals surface area contributed by atoms with E-state index in [1.165, 1.54) is 14.5 Å². The van der Waals surface area contributed by atoms with Gasteiger partial charge in [0.1, 0.15) is 0 Å². The van der Waals surface area contributed by atoms with Crippen LogP contribution in [-0.2, 0) is 16.2 Å². The Bertz CT molecular complexity index is 874. The molecule has 0 saturated carbocycles. The minimum absolute atomic E-state index is 0.112. The van der Waals surface area contributed by atoms with Gasteiger partial charge in [0, 0.05) is 16.2 Å². The molecule has 0 atom stereocenters. The zero-order valence-electron chi connectivity index (χ0n) is 19.9. The molecule has 0 bridgehead atoms. The van der Waals surface area contributed by atoms with Crippen LogP contribution in [0.4, 0.5) is 0 Å². The Morgan fingerprint density at radius 1 is 0.548 bits per heavy atom. The van der Waals surface area contributed by atoms with Crippen LogP contribution in [0.3, 0.4) is 0 Å². The smallest absolute Gasteiger partial charge is 0.380 e. The van der Waals surface area contributed by atoms with E-state index in [-0.39, 0.29) is 16.2 Å². The molecular weight excluding hydrogens is 395 g/mol. The third kappa shape index (κ3) is 5.83. The van der Waals surface area contributed by atoms with Crippen molar-refractivity contribution in [1.82, 2.24) is 29.8 Å². The largest absolute Gasteiger partial charge is 0.929 e. The summed E-state index contributed by atoms with van der Waals surface area (Å²) in [6, 6.07) is 5.69. The molecule has 0 aliphatic rings. The fourth-order valence-corrected chi connectivity index (χ4v) is 2.62. The summed E-state index contributed by atoms with van der Waals surface area (Å²) in [5, 5.41) is 13.4. The van der Waals surface area contributed by atoms with Gasteiger partial charge in [-0.05, 0) is 18.2 Å². The van der Waals surface area contributed by atoms with Crippen molar-refractivity contribution in [3.8, 4) is 0 Å². The summed E-state index contributed by atoms with van der Waals surface area (Å²) in [4.78, 5) is 3.98. The maximum absolute atomic E-state index is 5.83. The summed E-state index contributed by atoms with van der Waals surface area (Å²) >= 11 is 0. The lowest BCUT2D eigenvalue weighted by atomic mass is 9.93. The Balaban J connectivity index is 1.82. The minimum atomic E-state index is -1.19. The lowest BCUT2D eigenvalue weighted by molar-refractivity contribution is 0.0385. The van der Waals surface area contributed by atoms with Crippen LogP contribution in [0.5, 0.6) is 0 Å². The van der Waals surface area contributed by atoms with E-state index in [2.05, 4.69) is 77.6 Å². The number of hydrogen-bond donors (Lipinski definition) is 0. The first-order valence-electron chi connectivity index (χ1n) is 10.4. The van der Waals surface area contributed by atoms with Crippen LogP contribution < -0.4 is 14.3 Å². The number of nitrogens with zero attached hydrogens (tertiary/aromatic N) is 6. The van der Waals surface area contributed by atoms with Crippen LogP contribution in [0.25, 0.3) is 0 Å². The number of aromatic nitrogens is 6. The molecule has 31 heavy (non-hydrogen) atoms. The molecule has 0 saturated heterocycles. The second-order valence-corrected chi connectivity index (χ2v) is 10.7. The van der Waals surface area contributed by atoms with Crippen LogP contribution in [0.15, 0.2) is 36.8 Å². The van der Waals surface area contributed by atoms with Gasteiger partial charge in [0.2, 0.25) is 0 Å². The molecule has 10 heteroatoms. The van der Waals surface area contributed by atoms with Crippen molar-refractivity contribution in [3.63, 3.8) is 0 Å². The zero-order valence-corrected chi connectivity index (χ0v) is 19.9. The van der Waals surface area contributed by atoms with E-state index in [9.17, 15) is 0 Å². The summed E-state index contributed by atoms with van der Waals surface area (Å²) in [6.45, 7) is 18.7. The first-order chi connectivity index (χ1) is 14.2. The van der Waals surface area contributed by atoms with Crippen LogP contribution in [-0.4, -0.2) is 37.2 Å². The van der Waals surface area contributed by atoms with Gasteiger partial charge in [-0.3, -0.25) is 0 Å². The van der Waals surface area contributed by atoms with Gasteiger partial charge in [-0.15, -0.1) is 29.8 Å². The molecular formula is C21H33BN6O3. The van der Waals surface area contributed by atoms with Crippen molar-refractivity contribution < 1.29 is 14.3 Å². The molecule has 0 aromatic carbocycles. The summed E-state index contributed by atoms with van der Waals surface area (Å²) in [5.74, 6) is 0. The fraction of sp³-hybridized carbons (Fsp3) is 0.571. The van der Waals surface area contributed by atoms with Gasteiger partial charge in [0.15, 0.2) is 0 Å². The van der Waals surface area contributed by atoms with Gasteiger partial charge in [-0.25, -0.2) is 0 Å². The summed E-state index contributed by atoms with van der Waals surface area (Å²) in [7, 11) is -1.19. The second-order valence-electron chi connectivity index (χ2n) is 10.7. The zero-order chi connectivity index (χ0) is 23.0. The Labute approximate surface area is 184 Å². The fourth-order valence-electron chi connectivity index (χ4n) is 2.62. The lowest BCUT2D eigenvalue weighted by Gasteiger charge is -2.17. The topological polar surface area (TPSA) is 81.1 Å². The highest BCUT2D eigenvalue weighted by molar-refractivity contribution is 6.37.